The molecule has 1 saturated carbocycles. The van der Waals surface area contributed by atoms with Gasteiger partial charge in [0.15, 0.2) is 0 Å². The van der Waals surface area contributed by atoms with Crippen LogP contribution < -0.4 is 5.32 Å². The van der Waals surface area contributed by atoms with Gasteiger partial charge in [0, 0.05) is 12.2 Å². The summed E-state index contributed by atoms with van der Waals surface area (Å²) in [7, 11) is 2.01. The van der Waals surface area contributed by atoms with Crippen molar-refractivity contribution in [3.05, 3.63) is 16.9 Å². The van der Waals surface area contributed by atoms with Crippen molar-refractivity contribution < 1.29 is 0 Å². The van der Waals surface area contributed by atoms with Gasteiger partial charge in [-0.25, -0.2) is 0 Å². The van der Waals surface area contributed by atoms with Crippen LogP contribution in [-0.2, 0) is 0 Å². The number of hydrogen-bond acceptors (Lipinski definition) is 2. The molecule has 0 bridgehead atoms. The molecule has 0 aliphatic heterocycles. The molecule has 1 N–H and O–H groups in total. The first-order chi connectivity index (χ1) is 5.79. The van der Waals surface area contributed by atoms with Crippen molar-refractivity contribution in [1.82, 2.24) is 15.1 Å². The second kappa shape index (κ2) is 3.18. The molecule has 2 rings (SSSR count). The first-order valence-corrected chi connectivity index (χ1v) is 4.96. The van der Waals surface area contributed by atoms with Gasteiger partial charge in [-0.1, -0.05) is 0 Å². The van der Waals surface area contributed by atoms with Crippen molar-refractivity contribution in [2.24, 2.45) is 0 Å². The normalized spacial score (nSPS) is 28.5. The molecule has 1 aliphatic rings. The van der Waals surface area contributed by atoms with Gasteiger partial charge >= 0.3 is 0 Å². The molecule has 0 amide bonds. The second-order valence-electron chi connectivity index (χ2n) is 3.25. The SMILES string of the molecule is CNC1CC(n2cc(Br)cn2)C1. The van der Waals surface area contributed by atoms with E-state index in [2.05, 4.69) is 26.3 Å². The van der Waals surface area contributed by atoms with E-state index >= 15 is 0 Å². The van der Waals surface area contributed by atoms with Crippen molar-refractivity contribution in [3.63, 3.8) is 0 Å². The summed E-state index contributed by atoms with van der Waals surface area (Å²) < 4.78 is 3.10. The molecule has 1 aromatic rings. The average Bonchev–Trinajstić information content (AvgIpc) is 2.34. The van der Waals surface area contributed by atoms with E-state index in [1.807, 2.05) is 24.1 Å². The van der Waals surface area contributed by atoms with E-state index in [1.165, 1.54) is 12.8 Å². The molecule has 12 heavy (non-hydrogen) atoms. The van der Waals surface area contributed by atoms with Crippen LogP contribution in [-0.4, -0.2) is 22.9 Å². The molecule has 66 valence electrons. The highest BCUT2D eigenvalue weighted by Crippen LogP contribution is 2.31. The van der Waals surface area contributed by atoms with Crippen LogP contribution in [0.5, 0.6) is 0 Å². The van der Waals surface area contributed by atoms with Crippen molar-refractivity contribution >= 4 is 15.9 Å². The van der Waals surface area contributed by atoms with E-state index in [9.17, 15) is 0 Å². The lowest BCUT2D eigenvalue weighted by atomic mass is 9.87. The van der Waals surface area contributed by atoms with Gasteiger partial charge in [-0.15, -0.1) is 0 Å². The molecule has 0 saturated heterocycles. The molecule has 0 unspecified atom stereocenters. The van der Waals surface area contributed by atoms with Gasteiger partial charge in [0.2, 0.25) is 0 Å². The summed E-state index contributed by atoms with van der Waals surface area (Å²) in [4.78, 5) is 0. The molecular formula is C8H12BrN3. The summed E-state index contributed by atoms with van der Waals surface area (Å²) in [6.07, 6.45) is 6.28. The van der Waals surface area contributed by atoms with Gasteiger partial charge in [-0.3, -0.25) is 4.68 Å². The van der Waals surface area contributed by atoms with E-state index in [0.717, 1.165) is 4.47 Å². The minimum absolute atomic E-state index is 0.605. The van der Waals surface area contributed by atoms with Crippen molar-refractivity contribution in [2.75, 3.05) is 7.05 Å². The Labute approximate surface area is 80.3 Å². The van der Waals surface area contributed by atoms with Crippen LogP contribution in [0.4, 0.5) is 0 Å². The number of halogens is 1. The number of rotatable bonds is 2. The lowest BCUT2D eigenvalue weighted by molar-refractivity contribution is 0.219. The Balaban J connectivity index is 1.96. The van der Waals surface area contributed by atoms with Crippen LogP contribution in [0.2, 0.25) is 0 Å². The summed E-state index contributed by atoms with van der Waals surface area (Å²) in [5.41, 5.74) is 0. The van der Waals surface area contributed by atoms with Crippen LogP contribution in [0.3, 0.4) is 0 Å². The largest absolute Gasteiger partial charge is 0.317 e. The first-order valence-electron chi connectivity index (χ1n) is 4.16. The van der Waals surface area contributed by atoms with Crippen LogP contribution in [0, 0.1) is 0 Å². The second-order valence-corrected chi connectivity index (χ2v) is 4.17. The summed E-state index contributed by atoms with van der Waals surface area (Å²) in [5.74, 6) is 0. The molecule has 1 fully saturated rings. The van der Waals surface area contributed by atoms with Crippen LogP contribution in [0.15, 0.2) is 16.9 Å². The zero-order chi connectivity index (χ0) is 8.55. The molecule has 3 nitrogen and oxygen atoms in total. The standard InChI is InChI=1S/C8H12BrN3/c1-10-7-2-8(3-7)12-5-6(9)4-11-12/h4-5,7-8,10H,2-3H2,1H3. The molecule has 0 aromatic carbocycles. The predicted octanol–water partition coefficient (Wildman–Crippen LogP) is 1.57. The van der Waals surface area contributed by atoms with E-state index in [4.69, 9.17) is 0 Å². The Kier molecular flexibility index (Phi) is 2.19. The van der Waals surface area contributed by atoms with Gasteiger partial charge < -0.3 is 5.32 Å². The van der Waals surface area contributed by atoms with E-state index in [1.54, 1.807) is 0 Å². The molecular weight excluding hydrogens is 218 g/mol. The maximum atomic E-state index is 4.25. The van der Waals surface area contributed by atoms with E-state index in [-0.39, 0.29) is 0 Å². The third kappa shape index (κ3) is 1.41. The Bertz CT molecular complexity index is 265. The molecule has 1 aromatic heterocycles. The fraction of sp³-hybridized carbons (Fsp3) is 0.625. The third-order valence-electron chi connectivity index (χ3n) is 2.47. The molecule has 0 atom stereocenters. The van der Waals surface area contributed by atoms with Gasteiger partial charge in [-0.2, -0.15) is 5.10 Å². The fourth-order valence-corrected chi connectivity index (χ4v) is 1.86. The minimum Gasteiger partial charge on any atom is -0.317 e. The number of hydrogen-bond donors (Lipinski definition) is 1. The summed E-state index contributed by atoms with van der Waals surface area (Å²) in [5, 5.41) is 7.50. The number of nitrogens with zero attached hydrogens (tertiary/aromatic N) is 2. The number of aromatic nitrogens is 2. The van der Waals surface area contributed by atoms with E-state index in [0.29, 0.717) is 12.1 Å². The lowest BCUT2D eigenvalue weighted by Crippen LogP contribution is -2.40. The first kappa shape index (κ1) is 8.26. The van der Waals surface area contributed by atoms with Crippen molar-refractivity contribution in [2.45, 2.75) is 24.9 Å². The van der Waals surface area contributed by atoms with E-state index < -0.39 is 0 Å². The summed E-state index contributed by atoms with van der Waals surface area (Å²) >= 11 is 3.39. The van der Waals surface area contributed by atoms with Crippen LogP contribution in [0.25, 0.3) is 0 Å². The Hall–Kier alpha value is -0.350. The highest BCUT2D eigenvalue weighted by Gasteiger charge is 2.29. The molecule has 0 spiro atoms. The maximum absolute atomic E-state index is 4.25. The Morgan fingerprint density at radius 3 is 2.92 bits per heavy atom. The monoisotopic (exact) mass is 229 g/mol. The van der Waals surface area contributed by atoms with Gasteiger partial charge in [0.25, 0.3) is 0 Å². The molecule has 4 heteroatoms. The summed E-state index contributed by atoms with van der Waals surface area (Å²) in [6, 6.07) is 1.30. The number of nitrogens with one attached hydrogen (secondary N) is 1. The summed E-state index contributed by atoms with van der Waals surface area (Å²) in [6.45, 7) is 0. The third-order valence-corrected chi connectivity index (χ3v) is 2.88. The van der Waals surface area contributed by atoms with Gasteiger partial charge in [0.1, 0.15) is 0 Å². The predicted molar refractivity (Wildman–Crippen MR) is 51.0 cm³/mol. The highest BCUT2D eigenvalue weighted by molar-refractivity contribution is 9.10. The van der Waals surface area contributed by atoms with Crippen molar-refractivity contribution in [1.29, 1.82) is 0 Å². The smallest absolute Gasteiger partial charge is 0.0632 e. The quantitative estimate of drug-likeness (QED) is 0.835. The highest BCUT2D eigenvalue weighted by atomic mass is 79.9. The zero-order valence-electron chi connectivity index (χ0n) is 7.00. The van der Waals surface area contributed by atoms with Crippen molar-refractivity contribution in [3.8, 4) is 0 Å². The molecule has 0 radical (unpaired) electrons. The average molecular weight is 230 g/mol. The van der Waals surface area contributed by atoms with Crippen LogP contribution >= 0.6 is 15.9 Å². The Morgan fingerprint density at radius 1 is 1.67 bits per heavy atom. The maximum Gasteiger partial charge on any atom is 0.0632 e. The molecule has 1 aliphatic carbocycles. The van der Waals surface area contributed by atoms with Crippen LogP contribution in [0.1, 0.15) is 18.9 Å². The van der Waals surface area contributed by atoms with Gasteiger partial charge in [-0.05, 0) is 35.8 Å². The lowest BCUT2D eigenvalue weighted by Gasteiger charge is -2.34. The van der Waals surface area contributed by atoms with Gasteiger partial charge in [0.05, 0.1) is 16.7 Å². The molecule has 1 heterocycles. The minimum atomic E-state index is 0.605. The topological polar surface area (TPSA) is 29.9 Å². The Morgan fingerprint density at radius 2 is 2.42 bits per heavy atom. The fourth-order valence-electron chi connectivity index (χ4n) is 1.55. The zero-order valence-corrected chi connectivity index (χ0v) is 8.58.